The van der Waals surface area contributed by atoms with Gasteiger partial charge in [-0.3, -0.25) is 0 Å². The number of ether oxygens (including phenoxy) is 2. The highest BCUT2D eigenvalue weighted by Gasteiger charge is 2.26. The number of thioether (sulfide) groups is 1. The molecule has 1 saturated heterocycles. The summed E-state index contributed by atoms with van der Waals surface area (Å²) in [5.41, 5.74) is 1.29. The van der Waals surface area contributed by atoms with Crippen LogP contribution >= 0.6 is 24.0 Å². The summed E-state index contributed by atoms with van der Waals surface area (Å²) in [7, 11) is 1.64. The molecule has 10 heteroatoms. The highest BCUT2D eigenvalue weighted by atomic mass is 32.2. The van der Waals surface area contributed by atoms with Crippen LogP contribution in [0, 0.1) is 0 Å². The lowest BCUT2D eigenvalue weighted by Crippen LogP contribution is -2.50. The van der Waals surface area contributed by atoms with Crippen molar-refractivity contribution in [1.82, 2.24) is 24.8 Å². The molecule has 8 nitrogen and oxygen atoms in total. The molecular weight excluding hydrogens is 422 g/mol. The number of carbonyl (C=O) groups excluding carboxylic acids is 1. The first kappa shape index (κ1) is 22.4. The van der Waals surface area contributed by atoms with Crippen molar-refractivity contribution in [2.45, 2.75) is 32.1 Å². The summed E-state index contributed by atoms with van der Waals surface area (Å²) < 4.78 is 13.2. The average molecular weight is 450 g/mol. The van der Waals surface area contributed by atoms with Gasteiger partial charge in [-0.15, -0.1) is 5.10 Å². The molecule has 3 rings (SSSR count). The fourth-order valence-corrected chi connectivity index (χ4v) is 3.98. The van der Waals surface area contributed by atoms with E-state index in [9.17, 15) is 4.79 Å². The minimum absolute atomic E-state index is 0.268. The van der Waals surface area contributed by atoms with Gasteiger partial charge < -0.3 is 19.3 Å². The molecule has 0 aliphatic carbocycles. The molecule has 2 aromatic rings. The third-order valence-corrected chi connectivity index (χ3v) is 5.97. The van der Waals surface area contributed by atoms with E-state index >= 15 is 0 Å². The molecule has 1 aliphatic heterocycles. The van der Waals surface area contributed by atoms with Crippen LogP contribution in [-0.4, -0.2) is 74.1 Å². The van der Waals surface area contributed by atoms with Crippen molar-refractivity contribution in [3.05, 3.63) is 36.2 Å². The Balaban J connectivity index is 1.46. The minimum atomic E-state index is -0.484. The van der Waals surface area contributed by atoms with Gasteiger partial charge in [-0.05, 0) is 45.0 Å². The van der Waals surface area contributed by atoms with Gasteiger partial charge in [0.1, 0.15) is 15.7 Å². The van der Waals surface area contributed by atoms with Gasteiger partial charge in [0.05, 0.1) is 24.7 Å². The number of benzene rings is 1. The Morgan fingerprint density at radius 3 is 2.37 bits per heavy atom. The molecular formula is C20H27N5O3S2. The summed E-state index contributed by atoms with van der Waals surface area (Å²) in [4.78, 5) is 16.0. The number of rotatable bonds is 4. The van der Waals surface area contributed by atoms with E-state index < -0.39 is 5.60 Å². The number of amides is 1. The van der Waals surface area contributed by atoms with E-state index in [-0.39, 0.29) is 6.09 Å². The van der Waals surface area contributed by atoms with E-state index in [1.807, 2.05) is 51.2 Å². The largest absolute Gasteiger partial charge is 0.497 e. The lowest BCUT2D eigenvalue weighted by Gasteiger charge is -2.36. The fourth-order valence-electron chi connectivity index (χ4n) is 2.85. The normalized spacial score (nSPS) is 14.5. The van der Waals surface area contributed by atoms with Crippen LogP contribution in [0.25, 0.3) is 5.69 Å². The fraction of sp³-hybridized carbons (Fsp3) is 0.500. The number of hydrogen-bond donors (Lipinski definition) is 0. The minimum Gasteiger partial charge on any atom is -0.497 e. The number of methoxy groups -OCH3 is 1. The Morgan fingerprint density at radius 1 is 1.13 bits per heavy atom. The van der Waals surface area contributed by atoms with E-state index in [2.05, 4.69) is 15.2 Å². The number of aromatic nitrogens is 3. The van der Waals surface area contributed by atoms with E-state index in [1.165, 1.54) is 0 Å². The third-order valence-electron chi connectivity index (χ3n) is 4.41. The zero-order chi connectivity index (χ0) is 21.7. The summed E-state index contributed by atoms with van der Waals surface area (Å²) in [6, 6.07) is 7.63. The first-order valence-corrected chi connectivity index (χ1v) is 11.1. The van der Waals surface area contributed by atoms with E-state index in [4.69, 9.17) is 21.7 Å². The molecule has 0 N–H and O–H groups in total. The van der Waals surface area contributed by atoms with Crippen molar-refractivity contribution in [2.24, 2.45) is 0 Å². The predicted molar refractivity (Wildman–Crippen MR) is 121 cm³/mol. The monoisotopic (exact) mass is 449 g/mol. The third kappa shape index (κ3) is 6.09. The van der Waals surface area contributed by atoms with Crippen LogP contribution in [-0.2, 0) is 10.5 Å². The molecule has 0 spiro atoms. The van der Waals surface area contributed by atoms with Gasteiger partial charge in [0, 0.05) is 31.9 Å². The van der Waals surface area contributed by atoms with Gasteiger partial charge >= 0.3 is 6.09 Å². The van der Waals surface area contributed by atoms with E-state index in [0.29, 0.717) is 31.9 Å². The molecule has 0 bridgehead atoms. The van der Waals surface area contributed by atoms with Crippen molar-refractivity contribution in [1.29, 1.82) is 0 Å². The van der Waals surface area contributed by atoms with Crippen molar-refractivity contribution < 1.29 is 14.3 Å². The quantitative estimate of drug-likeness (QED) is 0.658. The Hall–Kier alpha value is -2.33. The van der Waals surface area contributed by atoms with Crippen LogP contribution in [0.4, 0.5) is 4.79 Å². The number of hydrogen-bond acceptors (Lipinski definition) is 7. The first-order valence-electron chi connectivity index (χ1n) is 9.70. The van der Waals surface area contributed by atoms with Crippen molar-refractivity contribution in [3.63, 3.8) is 0 Å². The maximum absolute atomic E-state index is 12.2. The van der Waals surface area contributed by atoms with Crippen molar-refractivity contribution in [3.8, 4) is 11.4 Å². The molecule has 0 saturated carbocycles. The standard InChI is InChI=1S/C20H27N5O3S2/c1-20(2,3)28-18(26)23-9-11-24(12-10-23)19(29)30-14-15-13-25(22-21-15)16-5-7-17(27-4)8-6-16/h5-8,13H,9-12,14H2,1-4H3. The number of carbonyl (C=O) groups is 1. The number of piperazine rings is 1. The SMILES string of the molecule is COc1ccc(-n2cc(CSC(=S)N3CCN(C(=O)OC(C)(C)C)CC3)nn2)cc1. The Bertz CT molecular complexity index is 871. The first-order chi connectivity index (χ1) is 14.2. The highest BCUT2D eigenvalue weighted by molar-refractivity contribution is 8.22. The van der Waals surface area contributed by atoms with Crippen LogP contribution in [0.2, 0.25) is 0 Å². The average Bonchev–Trinajstić information content (AvgIpc) is 3.20. The van der Waals surface area contributed by atoms with Gasteiger partial charge in [0.25, 0.3) is 0 Å². The molecule has 1 aromatic heterocycles. The second-order valence-electron chi connectivity index (χ2n) is 7.86. The lowest BCUT2D eigenvalue weighted by molar-refractivity contribution is 0.0189. The second-order valence-corrected chi connectivity index (χ2v) is 9.47. The Morgan fingerprint density at radius 2 is 1.77 bits per heavy atom. The molecule has 1 aromatic carbocycles. The topological polar surface area (TPSA) is 72.7 Å². The van der Waals surface area contributed by atoms with Crippen LogP contribution in [0.5, 0.6) is 5.75 Å². The molecule has 162 valence electrons. The van der Waals surface area contributed by atoms with Gasteiger partial charge in [0.2, 0.25) is 0 Å². The predicted octanol–water partition coefficient (Wildman–Crippen LogP) is 3.35. The van der Waals surface area contributed by atoms with Crippen LogP contribution in [0.15, 0.2) is 30.5 Å². The number of thiocarbonyl (C=S) groups is 1. The van der Waals surface area contributed by atoms with E-state index in [0.717, 1.165) is 21.5 Å². The van der Waals surface area contributed by atoms with Gasteiger partial charge in [-0.2, -0.15) is 0 Å². The molecule has 1 aliphatic rings. The Labute approximate surface area is 186 Å². The second kappa shape index (κ2) is 9.65. The molecule has 30 heavy (non-hydrogen) atoms. The molecule has 0 unspecified atom stereocenters. The van der Waals surface area contributed by atoms with Crippen LogP contribution < -0.4 is 4.74 Å². The maximum atomic E-state index is 12.2. The molecule has 2 heterocycles. The molecule has 1 amide bonds. The zero-order valence-corrected chi connectivity index (χ0v) is 19.3. The van der Waals surface area contributed by atoms with Gasteiger partial charge in [-0.25, -0.2) is 9.48 Å². The summed E-state index contributed by atoms with van der Waals surface area (Å²) in [5, 5.41) is 8.42. The molecule has 1 fully saturated rings. The summed E-state index contributed by atoms with van der Waals surface area (Å²) >= 11 is 7.14. The lowest BCUT2D eigenvalue weighted by atomic mass is 10.2. The maximum Gasteiger partial charge on any atom is 0.410 e. The van der Waals surface area contributed by atoms with Gasteiger partial charge in [0.15, 0.2) is 0 Å². The van der Waals surface area contributed by atoms with Gasteiger partial charge in [-0.1, -0.05) is 29.2 Å². The highest BCUT2D eigenvalue weighted by Crippen LogP contribution is 2.19. The zero-order valence-electron chi connectivity index (χ0n) is 17.7. The molecule has 0 atom stereocenters. The summed E-state index contributed by atoms with van der Waals surface area (Å²) in [5.74, 6) is 1.44. The van der Waals surface area contributed by atoms with Crippen LogP contribution in [0.1, 0.15) is 26.5 Å². The Kier molecular flexibility index (Phi) is 7.19. The summed E-state index contributed by atoms with van der Waals surface area (Å²) in [6.07, 6.45) is 1.63. The van der Waals surface area contributed by atoms with Crippen molar-refractivity contribution >= 4 is 34.4 Å². The summed E-state index contributed by atoms with van der Waals surface area (Å²) in [6.45, 7) is 8.22. The van der Waals surface area contributed by atoms with Crippen molar-refractivity contribution in [2.75, 3.05) is 33.3 Å². The van der Waals surface area contributed by atoms with E-state index in [1.54, 1.807) is 28.5 Å². The number of nitrogens with zero attached hydrogens (tertiary/aromatic N) is 5. The molecule has 0 radical (unpaired) electrons. The van der Waals surface area contributed by atoms with Crippen LogP contribution in [0.3, 0.4) is 0 Å². The smallest absolute Gasteiger partial charge is 0.410 e.